The Kier molecular flexibility index (Phi) is 4.63. The summed E-state index contributed by atoms with van der Waals surface area (Å²) < 4.78 is 5.58. The van der Waals surface area contributed by atoms with Gasteiger partial charge in [0, 0.05) is 18.2 Å². The van der Waals surface area contributed by atoms with Crippen LogP contribution < -0.4 is 5.32 Å². The zero-order valence-electron chi connectivity index (χ0n) is 15.6. The fraction of sp³-hybridized carbons (Fsp3) is 0.619. The summed E-state index contributed by atoms with van der Waals surface area (Å²) in [6, 6.07) is 4.10. The molecule has 2 aliphatic carbocycles. The smallest absolute Gasteiger partial charge is 0.232 e. The highest BCUT2D eigenvalue weighted by molar-refractivity contribution is 5.91. The monoisotopic (exact) mass is 356 g/mol. The second-order valence-corrected chi connectivity index (χ2v) is 7.96. The van der Waals surface area contributed by atoms with E-state index in [-0.39, 0.29) is 17.9 Å². The minimum Gasteiger partial charge on any atom is -0.465 e. The minimum absolute atomic E-state index is 0.0491. The van der Waals surface area contributed by atoms with Gasteiger partial charge < -0.3 is 14.6 Å². The number of furan rings is 1. The van der Waals surface area contributed by atoms with E-state index in [0.717, 1.165) is 49.3 Å². The van der Waals surface area contributed by atoms with E-state index < -0.39 is 5.41 Å². The second-order valence-electron chi connectivity index (χ2n) is 7.96. The van der Waals surface area contributed by atoms with Gasteiger partial charge in [0.1, 0.15) is 11.5 Å². The standard InChI is InChI=1S/C21H28N2O3/c1-15-9-10-17(26-15)14-22-20(25)21-12-5-4-8-18(21)23(19(24)11-13-21)16-6-2-3-7-16/h8-10,16H,2-7,11-14H2,1H3,(H,22,25). The molecule has 0 spiro atoms. The number of fused-ring (bicyclic) bond motifs is 1. The minimum atomic E-state index is -0.545. The Labute approximate surface area is 154 Å². The summed E-state index contributed by atoms with van der Waals surface area (Å²) in [5.74, 6) is 1.87. The van der Waals surface area contributed by atoms with Gasteiger partial charge in [0.15, 0.2) is 0 Å². The second kappa shape index (κ2) is 6.93. The maximum absolute atomic E-state index is 13.3. The van der Waals surface area contributed by atoms with E-state index in [1.165, 1.54) is 12.8 Å². The molecular formula is C21H28N2O3. The number of rotatable bonds is 4. The summed E-state index contributed by atoms with van der Waals surface area (Å²) in [5.41, 5.74) is 0.441. The number of carbonyl (C=O) groups is 2. The Morgan fingerprint density at radius 2 is 2.08 bits per heavy atom. The number of allylic oxidation sites excluding steroid dienone is 1. The molecule has 1 atom stereocenters. The van der Waals surface area contributed by atoms with Gasteiger partial charge in [-0.15, -0.1) is 0 Å². The SMILES string of the molecule is Cc1ccc(CNC(=O)C23CCCC=C2N(C2CCCC2)C(=O)CC3)o1. The van der Waals surface area contributed by atoms with Gasteiger partial charge in [0.25, 0.3) is 0 Å². The summed E-state index contributed by atoms with van der Waals surface area (Å²) in [6.45, 7) is 2.30. The highest BCUT2D eigenvalue weighted by atomic mass is 16.3. The molecule has 1 aliphatic heterocycles. The van der Waals surface area contributed by atoms with Gasteiger partial charge in [-0.2, -0.15) is 0 Å². The molecule has 1 unspecified atom stereocenters. The molecule has 5 heteroatoms. The van der Waals surface area contributed by atoms with Crippen LogP contribution in [0.4, 0.5) is 0 Å². The summed E-state index contributed by atoms with van der Waals surface area (Å²) in [7, 11) is 0. The normalized spacial score (nSPS) is 26.6. The van der Waals surface area contributed by atoms with Crippen molar-refractivity contribution in [1.29, 1.82) is 0 Å². The first-order valence-corrected chi connectivity index (χ1v) is 9.96. The van der Waals surface area contributed by atoms with Crippen LogP contribution in [0, 0.1) is 12.3 Å². The lowest BCUT2D eigenvalue weighted by atomic mass is 9.68. The third-order valence-electron chi connectivity index (χ3n) is 6.27. The maximum atomic E-state index is 13.3. The predicted octanol–water partition coefficient (Wildman–Crippen LogP) is 3.82. The van der Waals surface area contributed by atoms with Crippen LogP contribution in [0.25, 0.3) is 0 Å². The Hall–Kier alpha value is -2.04. The quantitative estimate of drug-likeness (QED) is 0.892. The third kappa shape index (κ3) is 2.97. The van der Waals surface area contributed by atoms with Crippen molar-refractivity contribution in [2.24, 2.45) is 5.41 Å². The van der Waals surface area contributed by atoms with Crippen molar-refractivity contribution in [3.63, 3.8) is 0 Å². The number of likely N-dealkylation sites (tertiary alicyclic amines) is 1. The molecule has 1 aromatic heterocycles. The van der Waals surface area contributed by atoms with Crippen molar-refractivity contribution in [2.45, 2.75) is 77.3 Å². The lowest BCUT2D eigenvalue weighted by Gasteiger charge is -2.48. The number of hydrogen-bond donors (Lipinski definition) is 1. The number of carbonyl (C=O) groups excluding carboxylic acids is 2. The van der Waals surface area contributed by atoms with Crippen LogP contribution in [0.2, 0.25) is 0 Å². The number of nitrogens with zero attached hydrogens (tertiary/aromatic N) is 1. The number of amides is 2. The molecule has 2 fully saturated rings. The number of hydrogen-bond acceptors (Lipinski definition) is 3. The molecule has 1 saturated carbocycles. The average Bonchev–Trinajstić information content (AvgIpc) is 3.31. The molecule has 0 aromatic carbocycles. The summed E-state index contributed by atoms with van der Waals surface area (Å²) in [6.07, 6.45) is 10.5. The molecule has 2 heterocycles. The van der Waals surface area contributed by atoms with Crippen LogP contribution in [0.1, 0.15) is 69.3 Å². The molecule has 26 heavy (non-hydrogen) atoms. The average molecular weight is 356 g/mol. The van der Waals surface area contributed by atoms with Crippen molar-refractivity contribution in [1.82, 2.24) is 10.2 Å². The molecule has 2 amide bonds. The number of nitrogens with one attached hydrogen (secondary N) is 1. The highest BCUT2D eigenvalue weighted by Crippen LogP contribution is 2.49. The summed E-state index contributed by atoms with van der Waals surface area (Å²) in [4.78, 5) is 28.0. The maximum Gasteiger partial charge on any atom is 0.232 e. The van der Waals surface area contributed by atoms with Crippen molar-refractivity contribution < 1.29 is 14.0 Å². The van der Waals surface area contributed by atoms with Crippen LogP contribution in [0.5, 0.6) is 0 Å². The van der Waals surface area contributed by atoms with E-state index in [1.807, 2.05) is 24.0 Å². The molecule has 1 N–H and O–H groups in total. The molecule has 0 bridgehead atoms. The summed E-state index contributed by atoms with van der Waals surface area (Å²) >= 11 is 0. The first-order chi connectivity index (χ1) is 12.6. The predicted molar refractivity (Wildman–Crippen MR) is 98.0 cm³/mol. The molecule has 4 rings (SSSR count). The van der Waals surface area contributed by atoms with Gasteiger partial charge in [-0.1, -0.05) is 18.9 Å². The fourth-order valence-electron chi connectivity index (χ4n) is 4.95. The van der Waals surface area contributed by atoms with Crippen molar-refractivity contribution in [2.75, 3.05) is 0 Å². The zero-order chi connectivity index (χ0) is 18.1. The number of piperidine rings is 1. The molecular weight excluding hydrogens is 328 g/mol. The van der Waals surface area contributed by atoms with E-state index in [0.29, 0.717) is 19.4 Å². The molecule has 1 saturated heterocycles. The van der Waals surface area contributed by atoms with Gasteiger partial charge in [-0.05, 0) is 57.6 Å². The van der Waals surface area contributed by atoms with Gasteiger partial charge in [0.05, 0.1) is 12.0 Å². The van der Waals surface area contributed by atoms with Gasteiger partial charge >= 0.3 is 0 Å². The van der Waals surface area contributed by atoms with Crippen molar-refractivity contribution in [3.05, 3.63) is 35.4 Å². The number of aryl methyl sites for hydroxylation is 1. The highest BCUT2D eigenvalue weighted by Gasteiger charge is 2.51. The third-order valence-corrected chi connectivity index (χ3v) is 6.27. The van der Waals surface area contributed by atoms with E-state index in [2.05, 4.69) is 11.4 Å². The Bertz CT molecular complexity index is 729. The largest absolute Gasteiger partial charge is 0.465 e. The van der Waals surface area contributed by atoms with Crippen LogP contribution in [0.3, 0.4) is 0 Å². The summed E-state index contributed by atoms with van der Waals surface area (Å²) in [5, 5.41) is 3.09. The zero-order valence-corrected chi connectivity index (χ0v) is 15.6. The lowest BCUT2D eigenvalue weighted by molar-refractivity contribution is -0.142. The van der Waals surface area contributed by atoms with E-state index in [9.17, 15) is 9.59 Å². The Balaban J connectivity index is 1.57. The van der Waals surface area contributed by atoms with E-state index in [1.54, 1.807) is 0 Å². The molecule has 0 radical (unpaired) electrons. The van der Waals surface area contributed by atoms with Crippen LogP contribution in [-0.2, 0) is 16.1 Å². The molecule has 3 aliphatic rings. The van der Waals surface area contributed by atoms with Gasteiger partial charge in [-0.3, -0.25) is 9.59 Å². The van der Waals surface area contributed by atoms with Crippen molar-refractivity contribution in [3.8, 4) is 0 Å². The molecule has 5 nitrogen and oxygen atoms in total. The van der Waals surface area contributed by atoms with Gasteiger partial charge in [0.2, 0.25) is 11.8 Å². The van der Waals surface area contributed by atoms with E-state index >= 15 is 0 Å². The first kappa shape index (κ1) is 17.4. The Morgan fingerprint density at radius 3 is 2.81 bits per heavy atom. The fourth-order valence-corrected chi connectivity index (χ4v) is 4.95. The first-order valence-electron chi connectivity index (χ1n) is 9.96. The lowest BCUT2D eigenvalue weighted by Crippen LogP contribution is -2.55. The Morgan fingerprint density at radius 1 is 1.27 bits per heavy atom. The van der Waals surface area contributed by atoms with Crippen LogP contribution in [0.15, 0.2) is 28.3 Å². The molecule has 1 aromatic rings. The van der Waals surface area contributed by atoms with Crippen LogP contribution >= 0.6 is 0 Å². The van der Waals surface area contributed by atoms with E-state index in [4.69, 9.17) is 4.42 Å². The van der Waals surface area contributed by atoms with Crippen LogP contribution in [-0.4, -0.2) is 22.8 Å². The topological polar surface area (TPSA) is 62.6 Å². The molecule has 140 valence electrons. The van der Waals surface area contributed by atoms with Crippen molar-refractivity contribution >= 4 is 11.8 Å². The van der Waals surface area contributed by atoms with Gasteiger partial charge in [-0.25, -0.2) is 0 Å².